The third kappa shape index (κ3) is 3.88. The van der Waals surface area contributed by atoms with Crippen molar-refractivity contribution >= 4 is 17.4 Å². The molecule has 0 spiro atoms. The smallest absolute Gasteiger partial charge is 0.163 e. The van der Waals surface area contributed by atoms with Crippen molar-refractivity contribution in [2.24, 2.45) is 0 Å². The Balaban J connectivity index is 2.05. The van der Waals surface area contributed by atoms with Crippen LogP contribution in [-0.2, 0) is 0 Å². The van der Waals surface area contributed by atoms with Crippen LogP contribution in [0, 0.1) is 11.8 Å². The fourth-order valence-corrected chi connectivity index (χ4v) is 1.85. The SMILES string of the molecule is CC(=O)c1cc(Cl)ccc1OCC#Cc1ccccc1. The number of carbonyl (C=O) groups is 1. The maximum absolute atomic E-state index is 11.5. The van der Waals surface area contributed by atoms with Gasteiger partial charge < -0.3 is 4.74 Å². The molecule has 100 valence electrons. The van der Waals surface area contributed by atoms with Crippen LogP contribution in [0.25, 0.3) is 0 Å². The third-order valence-electron chi connectivity index (χ3n) is 2.63. The van der Waals surface area contributed by atoms with Crippen LogP contribution in [0.2, 0.25) is 5.02 Å². The monoisotopic (exact) mass is 284 g/mol. The highest BCUT2D eigenvalue weighted by Crippen LogP contribution is 2.23. The summed E-state index contributed by atoms with van der Waals surface area (Å²) in [6.07, 6.45) is 0. The number of ketones is 1. The van der Waals surface area contributed by atoms with Gasteiger partial charge in [0.05, 0.1) is 5.56 Å². The van der Waals surface area contributed by atoms with Crippen LogP contribution >= 0.6 is 11.6 Å². The molecule has 0 aliphatic carbocycles. The summed E-state index contributed by atoms with van der Waals surface area (Å²) in [7, 11) is 0. The molecule has 0 saturated carbocycles. The zero-order valence-electron chi connectivity index (χ0n) is 11.0. The number of carbonyl (C=O) groups excluding carboxylic acids is 1. The molecule has 0 radical (unpaired) electrons. The molecular weight excluding hydrogens is 272 g/mol. The first-order valence-electron chi connectivity index (χ1n) is 6.14. The Kier molecular flexibility index (Phi) is 4.81. The Morgan fingerprint density at radius 3 is 2.65 bits per heavy atom. The van der Waals surface area contributed by atoms with Crippen molar-refractivity contribution in [1.29, 1.82) is 0 Å². The number of hydrogen-bond acceptors (Lipinski definition) is 2. The maximum Gasteiger partial charge on any atom is 0.163 e. The molecule has 0 fully saturated rings. The van der Waals surface area contributed by atoms with E-state index in [1.807, 2.05) is 30.3 Å². The summed E-state index contributed by atoms with van der Waals surface area (Å²) >= 11 is 5.87. The van der Waals surface area contributed by atoms with E-state index in [0.29, 0.717) is 16.3 Å². The summed E-state index contributed by atoms with van der Waals surface area (Å²) in [6.45, 7) is 1.70. The van der Waals surface area contributed by atoms with E-state index in [2.05, 4.69) is 11.8 Å². The number of halogens is 1. The predicted molar refractivity (Wildman–Crippen MR) is 80.3 cm³/mol. The van der Waals surface area contributed by atoms with Gasteiger partial charge in [-0.05, 0) is 37.3 Å². The highest BCUT2D eigenvalue weighted by atomic mass is 35.5. The minimum atomic E-state index is -0.0847. The minimum Gasteiger partial charge on any atom is -0.480 e. The number of rotatable bonds is 3. The molecule has 0 atom stereocenters. The quantitative estimate of drug-likeness (QED) is 0.630. The normalized spacial score (nSPS) is 9.50. The van der Waals surface area contributed by atoms with Gasteiger partial charge in [-0.3, -0.25) is 4.79 Å². The van der Waals surface area contributed by atoms with Gasteiger partial charge in [0, 0.05) is 10.6 Å². The molecule has 20 heavy (non-hydrogen) atoms. The van der Waals surface area contributed by atoms with Crippen molar-refractivity contribution in [3.63, 3.8) is 0 Å². The van der Waals surface area contributed by atoms with Gasteiger partial charge in [0.1, 0.15) is 12.4 Å². The van der Waals surface area contributed by atoms with Crippen LogP contribution in [0.1, 0.15) is 22.8 Å². The average molecular weight is 285 g/mol. The largest absolute Gasteiger partial charge is 0.480 e. The van der Waals surface area contributed by atoms with Crippen LogP contribution < -0.4 is 4.74 Å². The van der Waals surface area contributed by atoms with Gasteiger partial charge in [-0.2, -0.15) is 0 Å². The van der Waals surface area contributed by atoms with E-state index in [1.54, 1.807) is 18.2 Å². The van der Waals surface area contributed by atoms with Crippen LogP contribution in [0.5, 0.6) is 5.75 Å². The number of benzene rings is 2. The van der Waals surface area contributed by atoms with Gasteiger partial charge in [0.25, 0.3) is 0 Å². The van der Waals surface area contributed by atoms with Crippen molar-refractivity contribution in [2.75, 3.05) is 6.61 Å². The van der Waals surface area contributed by atoms with E-state index in [9.17, 15) is 4.79 Å². The van der Waals surface area contributed by atoms with Gasteiger partial charge in [-0.1, -0.05) is 41.6 Å². The number of Topliss-reactive ketones (excluding diaryl/α,β-unsaturated/α-hetero) is 1. The standard InChI is InChI=1S/C17H13ClO2/c1-13(19)16-12-15(18)9-10-17(16)20-11-5-8-14-6-3-2-4-7-14/h2-4,6-7,9-10,12H,11H2,1H3. The van der Waals surface area contributed by atoms with E-state index in [-0.39, 0.29) is 12.4 Å². The Bertz CT molecular complexity index is 666. The first kappa shape index (κ1) is 14.2. The van der Waals surface area contributed by atoms with Crippen molar-refractivity contribution < 1.29 is 9.53 Å². The van der Waals surface area contributed by atoms with Gasteiger partial charge in [0.15, 0.2) is 5.78 Å². The summed E-state index contributed by atoms with van der Waals surface area (Å²) in [6, 6.07) is 14.6. The fraction of sp³-hybridized carbons (Fsp3) is 0.118. The van der Waals surface area contributed by atoms with E-state index >= 15 is 0 Å². The van der Waals surface area contributed by atoms with Crippen LogP contribution in [0.3, 0.4) is 0 Å². The lowest BCUT2D eigenvalue weighted by Crippen LogP contribution is -2.01. The molecule has 0 N–H and O–H groups in total. The number of ether oxygens (including phenoxy) is 1. The zero-order valence-corrected chi connectivity index (χ0v) is 11.8. The molecule has 0 heterocycles. The highest BCUT2D eigenvalue weighted by Gasteiger charge is 2.08. The van der Waals surface area contributed by atoms with Crippen molar-refractivity contribution in [1.82, 2.24) is 0 Å². The van der Waals surface area contributed by atoms with Crippen LogP contribution in [0.15, 0.2) is 48.5 Å². The van der Waals surface area contributed by atoms with E-state index in [1.165, 1.54) is 6.92 Å². The topological polar surface area (TPSA) is 26.3 Å². The fourth-order valence-electron chi connectivity index (χ4n) is 1.68. The van der Waals surface area contributed by atoms with E-state index in [4.69, 9.17) is 16.3 Å². The molecule has 0 bridgehead atoms. The Morgan fingerprint density at radius 2 is 1.95 bits per heavy atom. The predicted octanol–water partition coefficient (Wildman–Crippen LogP) is 3.97. The van der Waals surface area contributed by atoms with E-state index < -0.39 is 0 Å². The van der Waals surface area contributed by atoms with Gasteiger partial charge in [0.2, 0.25) is 0 Å². The molecule has 0 aromatic heterocycles. The van der Waals surface area contributed by atoms with Gasteiger partial charge in [-0.25, -0.2) is 0 Å². The second kappa shape index (κ2) is 6.79. The summed E-state index contributed by atoms with van der Waals surface area (Å²) in [5.41, 5.74) is 1.40. The molecule has 2 aromatic carbocycles. The van der Waals surface area contributed by atoms with Crippen LogP contribution in [-0.4, -0.2) is 12.4 Å². The molecular formula is C17H13ClO2. The maximum atomic E-state index is 11.5. The van der Waals surface area contributed by atoms with Gasteiger partial charge >= 0.3 is 0 Å². The molecule has 2 aromatic rings. The summed E-state index contributed by atoms with van der Waals surface area (Å²) in [5.74, 6) is 6.32. The zero-order chi connectivity index (χ0) is 14.4. The first-order chi connectivity index (χ1) is 9.66. The summed E-state index contributed by atoms with van der Waals surface area (Å²) < 4.78 is 5.52. The summed E-state index contributed by atoms with van der Waals surface area (Å²) in [5, 5.41) is 0.512. The van der Waals surface area contributed by atoms with Gasteiger partial charge in [-0.15, -0.1) is 0 Å². The van der Waals surface area contributed by atoms with Crippen LogP contribution in [0.4, 0.5) is 0 Å². The Labute approximate surface area is 123 Å². The lowest BCUT2D eigenvalue weighted by molar-refractivity contribution is 0.101. The molecule has 0 amide bonds. The molecule has 0 unspecified atom stereocenters. The second-order valence-corrected chi connectivity index (χ2v) is 4.59. The van der Waals surface area contributed by atoms with Crippen molar-refractivity contribution in [3.05, 3.63) is 64.7 Å². The molecule has 0 aliphatic heterocycles. The lowest BCUT2D eigenvalue weighted by Gasteiger charge is -2.07. The summed E-state index contributed by atoms with van der Waals surface area (Å²) in [4.78, 5) is 11.5. The van der Waals surface area contributed by atoms with Crippen molar-refractivity contribution in [3.8, 4) is 17.6 Å². The molecule has 3 heteroatoms. The van der Waals surface area contributed by atoms with Crippen molar-refractivity contribution in [2.45, 2.75) is 6.92 Å². The average Bonchev–Trinajstić information content (AvgIpc) is 2.45. The lowest BCUT2D eigenvalue weighted by atomic mass is 10.1. The third-order valence-corrected chi connectivity index (χ3v) is 2.86. The Morgan fingerprint density at radius 1 is 1.20 bits per heavy atom. The second-order valence-electron chi connectivity index (χ2n) is 4.15. The molecule has 2 nitrogen and oxygen atoms in total. The van der Waals surface area contributed by atoms with E-state index in [0.717, 1.165) is 5.56 Å². The molecule has 0 aliphatic rings. The molecule has 2 rings (SSSR count). The Hall–Kier alpha value is -2.24. The molecule has 0 saturated heterocycles. The highest BCUT2D eigenvalue weighted by molar-refractivity contribution is 6.31. The first-order valence-corrected chi connectivity index (χ1v) is 6.52. The minimum absolute atomic E-state index is 0.0847. The number of hydrogen-bond donors (Lipinski definition) is 0.